The summed E-state index contributed by atoms with van der Waals surface area (Å²) < 4.78 is 13.8. The van der Waals surface area contributed by atoms with E-state index in [-0.39, 0.29) is 17.8 Å². The summed E-state index contributed by atoms with van der Waals surface area (Å²) in [6, 6.07) is 7.57. The maximum atomic E-state index is 13.8. The van der Waals surface area contributed by atoms with E-state index in [4.69, 9.17) is 0 Å². The van der Waals surface area contributed by atoms with Gasteiger partial charge in [-0.15, -0.1) is 0 Å². The number of carbonyl (C=O) groups excluding carboxylic acids is 1. The predicted molar refractivity (Wildman–Crippen MR) is 96.1 cm³/mol. The summed E-state index contributed by atoms with van der Waals surface area (Å²) in [5, 5.41) is 3.81. The normalized spacial score (nSPS) is 19.8. The Bertz CT molecular complexity index is 795. The first-order valence-corrected chi connectivity index (χ1v) is 9.22. The lowest BCUT2D eigenvalue weighted by Gasteiger charge is -2.41. The Morgan fingerprint density at radius 2 is 2.00 bits per heavy atom. The number of aryl methyl sites for hydroxylation is 1. The smallest absolute Gasteiger partial charge is 0.253 e. The molecule has 1 N–H and O–H groups in total. The van der Waals surface area contributed by atoms with Crippen molar-refractivity contribution in [3.63, 3.8) is 0 Å². The van der Waals surface area contributed by atoms with Crippen LogP contribution in [-0.4, -0.2) is 41.0 Å². The standard InChI is InChI=1S/C20H24FN3O/c1-13-17(12-14-4-2-7-18(21)19(14)22-13)20(25)23-15-8-10-24(11-9-15)16-5-3-6-16/h2,4,7,12,15-16H,3,5-6,8-11H2,1H3,(H,23,25). The van der Waals surface area contributed by atoms with Crippen molar-refractivity contribution in [3.05, 3.63) is 41.3 Å². The number of piperidine rings is 1. The van der Waals surface area contributed by atoms with Gasteiger partial charge >= 0.3 is 0 Å². The molecule has 0 spiro atoms. The van der Waals surface area contributed by atoms with Crippen LogP contribution in [0.25, 0.3) is 10.9 Å². The zero-order chi connectivity index (χ0) is 17.4. The molecule has 0 atom stereocenters. The molecule has 1 saturated carbocycles. The third-order valence-electron chi connectivity index (χ3n) is 5.69. The second kappa shape index (κ2) is 6.71. The highest BCUT2D eigenvalue weighted by Gasteiger charge is 2.29. The number of nitrogens with zero attached hydrogens (tertiary/aromatic N) is 2. The summed E-state index contributed by atoms with van der Waals surface area (Å²) in [5.74, 6) is -0.450. The van der Waals surface area contributed by atoms with E-state index in [1.807, 2.05) is 0 Å². The lowest BCUT2D eigenvalue weighted by atomic mass is 9.89. The third kappa shape index (κ3) is 3.25. The predicted octanol–water partition coefficient (Wildman–Crippen LogP) is 3.43. The van der Waals surface area contributed by atoms with Gasteiger partial charge in [0.25, 0.3) is 5.91 Å². The van der Waals surface area contributed by atoms with Crippen LogP contribution in [0, 0.1) is 12.7 Å². The van der Waals surface area contributed by atoms with Gasteiger partial charge in [-0.1, -0.05) is 18.6 Å². The SMILES string of the molecule is Cc1nc2c(F)cccc2cc1C(=O)NC1CCN(C2CCC2)CC1. The number of hydrogen-bond acceptors (Lipinski definition) is 3. The fraction of sp³-hybridized carbons (Fsp3) is 0.500. The summed E-state index contributed by atoms with van der Waals surface area (Å²) in [7, 11) is 0. The largest absolute Gasteiger partial charge is 0.349 e. The molecule has 2 fully saturated rings. The van der Waals surface area contributed by atoms with Crippen LogP contribution in [0.4, 0.5) is 4.39 Å². The van der Waals surface area contributed by atoms with Gasteiger partial charge < -0.3 is 10.2 Å². The van der Waals surface area contributed by atoms with Crippen molar-refractivity contribution in [2.45, 2.75) is 51.1 Å². The van der Waals surface area contributed by atoms with Crippen molar-refractivity contribution in [3.8, 4) is 0 Å². The Morgan fingerprint density at radius 3 is 2.68 bits per heavy atom. The number of rotatable bonds is 3. The number of halogens is 1. The number of amides is 1. The number of likely N-dealkylation sites (tertiary alicyclic amines) is 1. The van der Waals surface area contributed by atoms with Gasteiger partial charge in [0.1, 0.15) is 11.3 Å². The molecular formula is C20H24FN3O. The second-order valence-corrected chi connectivity index (χ2v) is 7.30. The number of hydrogen-bond donors (Lipinski definition) is 1. The van der Waals surface area contributed by atoms with E-state index < -0.39 is 0 Å². The maximum absolute atomic E-state index is 13.8. The van der Waals surface area contributed by atoms with Crippen LogP contribution in [-0.2, 0) is 0 Å². The number of pyridine rings is 1. The summed E-state index contributed by atoms with van der Waals surface area (Å²) in [6.45, 7) is 3.89. The van der Waals surface area contributed by atoms with Gasteiger partial charge in [-0.05, 0) is 44.7 Å². The van der Waals surface area contributed by atoms with Crippen LogP contribution in [0.15, 0.2) is 24.3 Å². The number of benzene rings is 1. The molecule has 1 aromatic carbocycles. The van der Waals surface area contributed by atoms with Crippen molar-refractivity contribution < 1.29 is 9.18 Å². The molecule has 1 aliphatic heterocycles. The van der Waals surface area contributed by atoms with E-state index in [9.17, 15) is 9.18 Å². The fourth-order valence-electron chi connectivity index (χ4n) is 3.91. The summed E-state index contributed by atoms with van der Waals surface area (Å²) in [4.78, 5) is 19.6. The van der Waals surface area contributed by atoms with Crippen LogP contribution in [0.1, 0.15) is 48.2 Å². The van der Waals surface area contributed by atoms with E-state index in [1.54, 1.807) is 25.1 Å². The quantitative estimate of drug-likeness (QED) is 0.930. The first-order valence-electron chi connectivity index (χ1n) is 9.22. The van der Waals surface area contributed by atoms with Crippen molar-refractivity contribution in [1.29, 1.82) is 0 Å². The molecule has 0 unspecified atom stereocenters. The van der Waals surface area contributed by atoms with Crippen LogP contribution in [0.3, 0.4) is 0 Å². The first kappa shape index (κ1) is 16.5. The van der Waals surface area contributed by atoms with Gasteiger partial charge in [-0.25, -0.2) is 9.37 Å². The number of para-hydroxylation sites is 1. The van der Waals surface area contributed by atoms with Gasteiger partial charge in [-0.2, -0.15) is 0 Å². The van der Waals surface area contributed by atoms with Crippen molar-refractivity contribution in [2.75, 3.05) is 13.1 Å². The van der Waals surface area contributed by atoms with E-state index in [0.29, 0.717) is 22.2 Å². The maximum Gasteiger partial charge on any atom is 0.253 e. The number of aromatic nitrogens is 1. The molecule has 1 amide bonds. The average molecular weight is 341 g/mol. The summed E-state index contributed by atoms with van der Waals surface area (Å²) >= 11 is 0. The minimum absolute atomic E-state index is 0.0988. The van der Waals surface area contributed by atoms with E-state index in [0.717, 1.165) is 32.0 Å². The molecule has 0 bridgehead atoms. The molecular weight excluding hydrogens is 317 g/mol. The topological polar surface area (TPSA) is 45.2 Å². The Balaban J connectivity index is 1.44. The molecule has 2 aromatic rings. The Hall–Kier alpha value is -2.01. The molecule has 2 heterocycles. The Labute approximate surface area is 147 Å². The van der Waals surface area contributed by atoms with Gasteiger partial charge in [0, 0.05) is 30.6 Å². The lowest BCUT2D eigenvalue weighted by Crippen LogP contribution is -2.49. The number of fused-ring (bicyclic) bond motifs is 1. The van der Waals surface area contributed by atoms with Crippen LogP contribution >= 0.6 is 0 Å². The van der Waals surface area contributed by atoms with Crippen LogP contribution in [0.2, 0.25) is 0 Å². The van der Waals surface area contributed by atoms with Crippen molar-refractivity contribution in [1.82, 2.24) is 15.2 Å². The van der Waals surface area contributed by atoms with Crippen LogP contribution < -0.4 is 5.32 Å². The Kier molecular flexibility index (Phi) is 4.42. The minimum atomic E-state index is -0.351. The molecule has 132 valence electrons. The summed E-state index contributed by atoms with van der Waals surface area (Å²) in [6.07, 6.45) is 6.01. The highest BCUT2D eigenvalue weighted by Crippen LogP contribution is 2.27. The molecule has 0 radical (unpaired) electrons. The zero-order valence-corrected chi connectivity index (χ0v) is 14.6. The van der Waals surface area contributed by atoms with Crippen LogP contribution in [0.5, 0.6) is 0 Å². The van der Waals surface area contributed by atoms with Gasteiger partial charge in [0.2, 0.25) is 0 Å². The molecule has 1 saturated heterocycles. The van der Waals surface area contributed by atoms with E-state index in [1.165, 1.54) is 25.3 Å². The number of carbonyl (C=O) groups is 1. The molecule has 1 aliphatic carbocycles. The minimum Gasteiger partial charge on any atom is -0.349 e. The van der Waals surface area contributed by atoms with Gasteiger partial charge in [0.15, 0.2) is 0 Å². The van der Waals surface area contributed by atoms with Crippen molar-refractivity contribution in [2.24, 2.45) is 0 Å². The van der Waals surface area contributed by atoms with Gasteiger partial charge in [0.05, 0.1) is 11.3 Å². The van der Waals surface area contributed by atoms with Crippen molar-refractivity contribution >= 4 is 16.8 Å². The molecule has 25 heavy (non-hydrogen) atoms. The number of nitrogens with one attached hydrogen (secondary N) is 1. The third-order valence-corrected chi connectivity index (χ3v) is 5.69. The first-order chi connectivity index (χ1) is 12.1. The molecule has 5 heteroatoms. The molecule has 4 nitrogen and oxygen atoms in total. The highest BCUT2D eigenvalue weighted by atomic mass is 19.1. The van der Waals surface area contributed by atoms with E-state index >= 15 is 0 Å². The van der Waals surface area contributed by atoms with E-state index in [2.05, 4.69) is 15.2 Å². The monoisotopic (exact) mass is 341 g/mol. The lowest BCUT2D eigenvalue weighted by molar-refractivity contribution is 0.0800. The summed E-state index contributed by atoms with van der Waals surface area (Å²) in [5.41, 5.74) is 1.44. The molecule has 4 rings (SSSR count). The average Bonchev–Trinajstić information content (AvgIpc) is 2.55. The second-order valence-electron chi connectivity index (χ2n) is 7.30. The zero-order valence-electron chi connectivity index (χ0n) is 14.6. The highest BCUT2D eigenvalue weighted by molar-refractivity contribution is 5.98. The molecule has 2 aliphatic rings. The Morgan fingerprint density at radius 1 is 1.24 bits per heavy atom. The fourth-order valence-corrected chi connectivity index (χ4v) is 3.91. The van der Waals surface area contributed by atoms with Gasteiger partial charge in [-0.3, -0.25) is 4.79 Å². The molecule has 1 aromatic heterocycles.